The predicted octanol–water partition coefficient (Wildman–Crippen LogP) is 6.67. The van der Waals surface area contributed by atoms with Crippen LogP contribution in [0.1, 0.15) is 21.1 Å². The Kier molecular flexibility index (Phi) is 7.69. The first-order chi connectivity index (χ1) is 19.0. The van der Waals surface area contributed by atoms with E-state index < -0.39 is 0 Å². The maximum Gasteiger partial charge on any atom is 0.273 e. The average molecular weight is 593 g/mol. The summed E-state index contributed by atoms with van der Waals surface area (Å²) in [6.45, 7) is 4.91. The third kappa shape index (κ3) is 5.74. The van der Waals surface area contributed by atoms with E-state index in [1.165, 1.54) is 16.9 Å². The monoisotopic (exact) mass is 592 g/mol. The molecule has 198 valence electrons. The van der Waals surface area contributed by atoms with Gasteiger partial charge in [0.15, 0.2) is 11.0 Å². The molecule has 0 unspecified atom stereocenters. The van der Waals surface area contributed by atoms with Gasteiger partial charge in [0, 0.05) is 42.3 Å². The minimum Gasteiger partial charge on any atom is -0.368 e. The van der Waals surface area contributed by atoms with Crippen LogP contribution in [-0.4, -0.2) is 56.7 Å². The van der Waals surface area contributed by atoms with Gasteiger partial charge in [0.05, 0.1) is 16.3 Å². The van der Waals surface area contributed by atoms with Gasteiger partial charge in [-0.15, -0.1) is 32.9 Å². The smallest absolute Gasteiger partial charge is 0.273 e. The van der Waals surface area contributed by atoms with Crippen molar-refractivity contribution in [1.82, 2.24) is 24.6 Å². The van der Waals surface area contributed by atoms with Gasteiger partial charge >= 0.3 is 0 Å². The summed E-state index contributed by atoms with van der Waals surface area (Å²) < 4.78 is 2.10. The lowest BCUT2D eigenvalue weighted by Gasteiger charge is -2.35. The maximum absolute atomic E-state index is 13.2. The Morgan fingerprint density at radius 1 is 0.974 bits per heavy atom. The second-order valence-electron chi connectivity index (χ2n) is 9.13. The molecular weight excluding hydrogens is 568 g/mol. The minimum absolute atomic E-state index is 0.0175. The third-order valence-corrected chi connectivity index (χ3v) is 9.54. The van der Waals surface area contributed by atoms with Crippen LogP contribution < -0.4 is 4.90 Å². The molecule has 1 aliphatic rings. The highest BCUT2D eigenvalue weighted by atomic mass is 35.5. The summed E-state index contributed by atoms with van der Waals surface area (Å²) in [5.74, 6) is 1.41. The van der Waals surface area contributed by atoms with Gasteiger partial charge in [0.25, 0.3) is 5.91 Å². The number of aryl methyl sites for hydroxylation is 1. The van der Waals surface area contributed by atoms with E-state index in [2.05, 4.69) is 61.9 Å². The number of carbonyl (C=O) groups excluding carboxylic acids is 1. The van der Waals surface area contributed by atoms with Gasteiger partial charge < -0.3 is 9.80 Å². The highest BCUT2D eigenvalue weighted by Gasteiger charge is 2.24. The number of halogens is 1. The SMILES string of the molecule is Cc1cccc(-n2c(SCc3nc(C(=O)N4CCN(c5cccc(Cl)c5)CC4)cs3)nnc2-c2cccs2)c1. The van der Waals surface area contributed by atoms with E-state index in [1.54, 1.807) is 23.1 Å². The topological polar surface area (TPSA) is 67.2 Å². The third-order valence-electron chi connectivity index (χ3n) is 6.47. The molecule has 5 aromatic rings. The Hall–Kier alpha value is -3.18. The zero-order valence-corrected chi connectivity index (χ0v) is 24.4. The number of rotatable bonds is 7. The first-order valence-corrected chi connectivity index (χ1v) is 15.6. The molecule has 11 heteroatoms. The number of hydrogen-bond acceptors (Lipinski definition) is 8. The van der Waals surface area contributed by atoms with E-state index in [9.17, 15) is 4.79 Å². The van der Waals surface area contributed by atoms with Crippen molar-refractivity contribution in [1.29, 1.82) is 0 Å². The lowest BCUT2D eigenvalue weighted by atomic mass is 10.2. The summed E-state index contributed by atoms with van der Waals surface area (Å²) in [5.41, 5.74) is 3.79. The normalized spacial score (nSPS) is 13.7. The maximum atomic E-state index is 13.2. The van der Waals surface area contributed by atoms with Crippen LogP contribution in [0.15, 0.2) is 76.6 Å². The van der Waals surface area contributed by atoms with Gasteiger partial charge in [-0.05, 0) is 54.3 Å². The number of amides is 1. The van der Waals surface area contributed by atoms with Crippen LogP contribution in [0.4, 0.5) is 5.69 Å². The first-order valence-electron chi connectivity index (χ1n) is 12.5. The fraction of sp³-hybridized carbons (Fsp3) is 0.214. The van der Waals surface area contributed by atoms with Gasteiger partial charge in [0.1, 0.15) is 10.7 Å². The van der Waals surface area contributed by atoms with Crippen LogP contribution >= 0.6 is 46.0 Å². The number of aromatic nitrogens is 4. The molecule has 0 spiro atoms. The van der Waals surface area contributed by atoms with E-state index in [1.807, 2.05) is 46.0 Å². The molecule has 0 radical (unpaired) electrons. The number of thiazole rings is 1. The second kappa shape index (κ2) is 11.5. The van der Waals surface area contributed by atoms with Gasteiger partial charge in [0.2, 0.25) is 0 Å². The molecular formula is C28H25ClN6OS3. The van der Waals surface area contributed by atoms with Crippen molar-refractivity contribution in [3.05, 3.63) is 92.7 Å². The van der Waals surface area contributed by atoms with Crippen molar-refractivity contribution in [3.63, 3.8) is 0 Å². The summed E-state index contributed by atoms with van der Waals surface area (Å²) in [5, 5.41) is 15.3. The van der Waals surface area contributed by atoms with Gasteiger partial charge in [-0.1, -0.05) is 47.6 Å². The summed E-state index contributed by atoms with van der Waals surface area (Å²) in [6.07, 6.45) is 0. The van der Waals surface area contributed by atoms with E-state index in [0.717, 1.165) is 50.4 Å². The largest absolute Gasteiger partial charge is 0.368 e. The second-order valence-corrected chi connectivity index (χ2v) is 12.4. The van der Waals surface area contributed by atoms with Crippen molar-refractivity contribution in [2.75, 3.05) is 31.1 Å². The number of thioether (sulfide) groups is 1. The number of thiophene rings is 1. The van der Waals surface area contributed by atoms with Crippen molar-refractivity contribution in [3.8, 4) is 16.4 Å². The molecule has 1 amide bonds. The zero-order chi connectivity index (χ0) is 26.8. The summed E-state index contributed by atoms with van der Waals surface area (Å²) in [4.78, 5) is 23.1. The summed E-state index contributed by atoms with van der Waals surface area (Å²) in [7, 11) is 0. The van der Waals surface area contributed by atoms with E-state index in [4.69, 9.17) is 11.6 Å². The number of nitrogens with zero attached hydrogens (tertiary/aromatic N) is 6. The molecule has 2 aromatic carbocycles. The number of carbonyl (C=O) groups is 1. The number of hydrogen-bond donors (Lipinski definition) is 0. The number of piperazine rings is 1. The molecule has 0 aliphatic carbocycles. The van der Waals surface area contributed by atoms with Crippen molar-refractivity contribution >= 4 is 57.6 Å². The Morgan fingerprint density at radius 3 is 2.56 bits per heavy atom. The number of benzene rings is 2. The van der Waals surface area contributed by atoms with Crippen LogP contribution in [0.3, 0.4) is 0 Å². The van der Waals surface area contributed by atoms with Crippen LogP contribution in [-0.2, 0) is 5.75 Å². The fourth-order valence-corrected chi connectivity index (χ4v) is 7.15. The molecule has 0 bridgehead atoms. The first kappa shape index (κ1) is 26.1. The van der Waals surface area contributed by atoms with Gasteiger partial charge in [-0.3, -0.25) is 9.36 Å². The zero-order valence-electron chi connectivity index (χ0n) is 21.2. The standard InChI is InChI=1S/C28H25ClN6OS3/c1-19-5-2-8-22(15-19)35-26(24-9-4-14-37-24)31-32-28(35)39-18-25-30-23(17-38-25)27(36)34-12-10-33(11-13-34)21-7-3-6-20(29)16-21/h2-9,14-17H,10-13,18H2,1H3. The molecule has 1 fully saturated rings. The summed E-state index contributed by atoms with van der Waals surface area (Å²) >= 11 is 10.9. The van der Waals surface area contributed by atoms with E-state index >= 15 is 0 Å². The van der Waals surface area contributed by atoms with Crippen LogP contribution in [0.2, 0.25) is 5.02 Å². The van der Waals surface area contributed by atoms with E-state index in [0.29, 0.717) is 24.5 Å². The molecule has 4 heterocycles. The molecule has 0 saturated carbocycles. The molecule has 0 N–H and O–H groups in total. The average Bonchev–Trinajstić information content (AvgIpc) is 3.73. The molecule has 3 aromatic heterocycles. The Bertz CT molecular complexity index is 1590. The van der Waals surface area contributed by atoms with Crippen molar-refractivity contribution in [2.45, 2.75) is 17.8 Å². The minimum atomic E-state index is -0.0175. The van der Waals surface area contributed by atoms with Crippen LogP contribution in [0.25, 0.3) is 16.4 Å². The molecule has 39 heavy (non-hydrogen) atoms. The lowest BCUT2D eigenvalue weighted by Crippen LogP contribution is -2.48. The highest BCUT2D eigenvalue weighted by Crippen LogP contribution is 2.32. The van der Waals surface area contributed by atoms with Gasteiger partial charge in [-0.25, -0.2) is 4.98 Å². The van der Waals surface area contributed by atoms with Crippen molar-refractivity contribution < 1.29 is 4.79 Å². The van der Waals surface area contributed by atoms with Crippen LogP contribution in [0, 0.1) is 6.92 Å². The molecule has 0 atom stereocenters. The van der Waals surface area contributed by atoms with E-state index in [-0.39, 0.29) is 5.91 Å². The quantitative estimate of drug-likeness (QED) is 0.197. The molecule has 1 aliphatic heterocycles. The Labute approximate surface area is 244 Å². The van der Waals surface area contributed by atoms with Crippen LogP contribution in [0.5, 0.6) is 0 Å². The lowest BCUT2D eigenvalue weighted by molar-refractivity contribution is 0.0741. The highest BCUT2D eigenvalue weighted by molar-refractivity contribution is 7.98. The molecule has 7 nitrogen and oxygen atoms in total. The summed E-state index contributed by atoms with van der Waals surface area (Å²) in [6, 6.07) is 20.3. The fourth-order valence-electron chi connectivity index (χ4n) is 4.53. The molecule has 6 rings (SSSR count). The van der Waals surface area contributed by atoms with Gasteiger partial charge in [-0.2, -0.15) is 0 Å². The van der Waals surface area contributed by atoms with Crippen molar-refractivity contribution in [2.24, 2.45) is 0 Å². The molecule has 1 saturated heterocycles. The number of anilines is 1. The predicted molar refractivity (Wildman–Crippen MR) is 161 cm³/mol. The Morgan fingerprint density at radius 2 is 1.79 bits per heavy atom. The Balaban J connectivity index is 1.13.